The van der Waals surface area contributed by atoms with Crippen molar-refractivity contribution in [2.45, 2.75) is 20.0 Å². The van der Waals surface area contributed by atoms with Crippen LogP contribution < -0.4 is 4.90 Å². The molecule has 0 N–H and O–H groups in total. The molecule has 0 unspecified atom stereocenters. The Labute approximate surface area is 83.9 Å². The quantitative estimate of drug-likeness (QED) is 0.671. The highest BCUT2D eigenvalue weighted by Gasteiger charge is 2.22. The third-order valence-corrected chi connectivity index (χ3v) is 2.59. The Morgan fingerprint density at radius 3 is 2.79 bits per heavy atom. The highest BCUT2D eigenvalue weighted by Crippen LogP contribution is 2.22. The maximum absolute atomic E-state index is 4.22. The van der Waals surface area contributed by atoms with E-state index in [4.69, 9.17) is 0 Å². The van der Waals surface area contributed by atoms with Crippen molar-refractivity contribution in [1.29, 1.82) is 0 Å². The van der Waals surface area contributed by atoms with E-state index in [1.54, 1.807) is 6.20 Å². The molecule has 2 rings (SSSR count). The Morgan fingerprint density at radius 2 is 2.21 bits per heavy atom. The third-order valence-electron chi connectivity index (χ3n) is 2.59. The van der Waals surface area contributed by atoms with E-state index in [0.717, 1.165) is 5.69 Å². The summed E-state index contributed by atoms with van der Waals surface area (Å²) in [6.07, 6.45) is 5.78. The van der Waals surface area contributed by atoms with Crippen LogP contribution >= 0.6 is 0 Å². The Kier molecular flexibility index (Phi) is 2.11. The van der Waals surface area contributed by atoms with E-state index >= 15 is 0 Å². The van der Waals surface area contributed by atoms with Crippen LogP contribution in [0.15, 0.2) is 23.6 Å². The van der Waals surface area contributed by atoms with E-state index in [0.29, 0.717) is 0 Å². The van der Waals surface area contributed by atoms with Crippen molar-refractivity contribution in [3.63, 3.8) is 0 Å². The zero-order valence-corrected chi connectivity index (χ0v) is 8.68. The van der Waals surface area contributed by atoms with Gasteiger partial charge in [-0.15, -0.1) is 0 Å². The Hall–Kier alpha value is -1.58. The molecule has 1 aliphatic heterocycles. The first-order valence-corrected chi connectivity index (χ1v) is 4.66. The monoisotopic (exact) mass is 190 g/mol. The molecule has 14 heavy (non-hydrogen) atoms. The molecule has 0 amide bonds. The summed E-state index contributed by atoms with van der Waals surface area (Å²) in [4.78, 5) is 6.24. The smallest absolute Gasteiger partial charge is 0.120 e. The van der Waals surface area contributed by atoms with Crippen LogP contribution in [0.25, 0.3) is 0 Å². The predicted octanol–water partition coefficient (Wildman–Crippen LogP) is 1.43. The summed E-state index contributed by atoms with van der Waals surface area (Å²) in [6, 6.07) is 2.01. The van der Waals surface area contributed by atoms with Crippen LogP contribution in [0.2, 0.25) is 0 Å². The molecule has 0 fully saturated rings. The van der Waals surface area contributed by atoms with Crippen LogP contribution in [0.1, 0.15) is 12.5 Å². The standard InChI is InChI=1S/C10H14N4/c1-8-4-5-11-6-10(8)14-7-12-13(3)9(14)2/h4-7,9H,1-3H3/t9-/m0/s1. The number of aromatic nitrogens is 1. The summed E-state index contributed by atoms with van der Waals surface area (Å²) in [5, 5.41) is 6.15. The Balaban J connectivity index is 2.33. The summed E-state index contributed by atoms with van der Waals surface area (Å²) in [7, 11) is 1.97. The van der Waals surface area contributed by atoms with Gasteiger partial charge in [0.1, 0.15) is 12.5 Å². The van der Waals surface area contributed by atoms with Crippen molar-refractivity contribution in [3.05, 3.63) is 24.0 Å². The molecule has 1 atom stereocenters. The third kappa shape index (κ3) is 1.32. The molecular weight excluding hydrogens is 176 g/mol. The topological polar surface area (TPSA) is 31.7 Å². The molecule has 0 aliphatic carbocycles. The van der Waals surface area contributed by atoms with Crippen molar-refractivity contribution >= 4 is 12.0 Å². The first kappa shape index (κ1) is 8.99. The Morgan fingerprint density at radius 1 is 1.43 bits per heavy atom. The van der Waals surface area contributed by atoms with Crippen LogP contribution in [-0.2, 0) is 0 Å². The number of anilines is 1. The first-order chi connectivity index (χ1) is 6.70. The van der Waals surface area contributed by atoms with E-state index in [-0.39, 0.29) is 6.17 Å². The molecule has 0 saturated carbocycles. The van der Waals surface area contributed by atoms with E-state index in [1.807, 2.05) is 30.7 Å². The summed E-state index contributed by atoms with van der Waals surface area (Å²) < 4.78 is 0. The van der Waals surface area contributed by atoms with Gasteiger partial charge in [0.2, 0.25) is 0 Å². The van der Waals surface area contributed by atoms with Crippen molar-refractivity contribution in [3.8, 4) is 0 Å². The van der Waals surface area contributed by atoms with Gasteiger partial charge in [0, 0.05) is 13.2 Å². The van der Waals surface area contributed by atoms with Crippen molar-refractivity contribution in [1.82, 2.24) is 9.99 Å². The van der Waals surface area contributed by atoms with Crippen LogP contribution in [0.5, 0.6) is 0 Å². The summed E-state index contributed by atoms with van der Waals surface area (Å²) in [6.45, 7) is 4.19. The SMILES string of the molecule is Cc1ccncc1N1C=NN(C)[C@@H]1C. The van der Waals surface area contributed by atoms with Gasteiger partial charge in [0.05, 0.1) is 11.9 Å². The minimum absolute atomic E-state index is 0.262. The van der Waals surface area contributed by atoms with Crippen molar-refractivity contribution < 1.29 is 0 Å². The molecule has 1 aromatic rings. The van der Waals surface area contributed by atoms with Gasteiger partial charge in [-0.1, -0.05) is 0 Å². The van der Waals surface area contributed by atoms with E-state index in [2.05, 4.69) is 28.8 Å². The van der Waals surface area contributed by atoms with Crippen molar-refractivity contribution in [2.75, 3.05) is 11.9 Å². The molecule has 2 heterocycles. The maximum atomic E-state index is 4.22. The molecule has 4 nitrogen and oxygen atoms in total. The fraction of sp³-hybridized carbons (Fsp3) is 0.400. The molecule has 0 bridgehead atoms. The fourth-order valence-corrected chi connectivity index (χ4v) is 1.50. The first-order valence-electron chi connectivity index (χ1n) is 4.66. The highest BCUT2D eigenvalue weighted by molar-refractivity contribution is 5.82. The zero-order chi connectivity index (χ0) is 10.1. The number of aryl methyl sites for hydroxylation is 1. The van der Waals surface area contributed by atoms with Gasteiger partial charge < -0.3 is 4.90 Å². The minimum atomic E-state index is 0.262. The average molecular weight is 190 g/mol. The van der Waals surface area contributed by atoms with Gasteiger partial charge in [0.25, 0.3) is 0 Å². The van der Waals surface area contributed by atoms with Crippen LogP contribution in [0.3, 0.4) is 0 Å². The van der Waals surface area contributed by atoms with Gasteiger partial charge in [0.15, 0.2) is 0 Å². The zero-order valence-electron chi connectivity index (χ0n) is 8.68. The molecular formula is C10H14N4. The lowest BCUT2D eigenvalue weighted by Gasteiger charge is -2.25. The fourth-order valence-electron chi connectivity index (χ4n) is 1.50. The Bertz CT molecular complexity index is 361. The summed E-state index contributed by atoms with van der Waals surface area (Å²) in [5.41, 5.74) is 2.33. The lowest BCUT2D eigenvalue weighted by atomic mass is 10.2. The average Bonchev–Trinajstić information content (AvgIpc) is 2.49. The molecule has 1 aliphatic rings. The van der Waals surface area contributed by atoms with E-state index in [1.165, 1.54) is 5.56 Å². The maximum Gasteiger partial charge on any atom is 0.120 e. The lowest BCUT2D eigenvalue weighted by molar-refractivity contribution is 0.304. The number of pyridine rings is 1. The summed E-state index contributed by atoms with van der Waals surface area (Å²) >= 11 is 0. The van der Waals surface area contributed by atoms with Crippen molar-refractivity contribution in [2.24, 2.45) is 5.10 Å². The van der Waals surface area contributed by atoms with Gasteiger partial charge >= 0.3 is 0 Å². The van der Waals surface area contributed by atoms with Gasteiger partial charge in [-0.25, -0.2) is 0 Å². The molecule has 4 heteroatoms. The molecule has 0 radical (unpaired) electrons. The van der Waals surface area contributed by atoms with Crippen LogP contribution in [-0.4, -0.2) is 29.5 Å². The normalized spacial score (nSPS) is 20.6. The van der Waals surface area contributed by atoms with Gasteiger partial charge in [-0.2, -0.15) is 5.10 Å². The number of rotatable bonds is 1. The molecule has 1 aromatic heterocycles. The number of hydrogen-bond donors (Lipinski definition) is 0. The number of nitrogens with zero attached hydrogens (tertiary/aromatic N) is 4. The molecule has 0 saturated heterocycles. The summed E-state index contributed by atoms with van der Waals surface area (Å²) in [5.74, 6) is 0. The van der Waals surface area contributed by atoms with E-state index in [9.17, 15) is 0 Å². The minimum Gasteiger partial charge on any atom is -0.307 e. The second-order valence-electron chi connectivity index (χ2n) is 3.51. The molecule has 74 valence electrons. The van der Waals surface area contributed by atoms with Gasteiger partial charge in [-0.05, 0) is 25.5 Å². The van der Waals surface area contributed by atoms with Gasteiger partial charge in [-0.3, -0.25) is 9.99 Å². The molecule has 0 spiro atoms. The predicted molar refractivity (Wildman–Crippen MR) is 57.2 cm³/mol. The van der Waals surface area contributed by atoms with E-state index < -0.39 is 0 Å². The second kappa shape index (κ2) is 3.29. The van der Waals surface area contributed by atoms with Crippen LogP contribution in [0, 0.1) is 6.92 Å². The second-order valence-corrected chi connectivity index (χ2v) is 3.51. The lowest BCUT2D eigenvalue weighted by Crippen LogP contribution is -2.35. The number of hydrazone groups is 1. The highest BCUT2D eigenvalue weighted by atomic mass is 15.6. The van der Waals surface area contributed by atoms with Crippen LogP contribution in [0.4, 0.5) is 5.69 Å². The molecule has 0 aromatic carbocycles. The number of hydrogen-bond acceptors (Lipinski definition) is 4. The largest absolute Gasteiger partial charge is 0.307 e.